The van der Waals surface area contributed by atoms with Crippen LogP contribution in [0.2, 0.25) is 0 Å². The van der Waals surface area contributed by atoms with E-state index in [1.165, 1.54) is 0 Å². The summed E-state index contributed by atoms with van der Waals surface area (Å²) in [6, 6.07) is 9.96. The summed E-state index contributed by atoms with van der Waals surface area (Å²) in [5.41, 5.74) is 5.50. The van der Waals surface area contributed by atoms with Gasteiger partial charge in [-0.05, 0) is 42.8 Å². The van der Waals surface area contributed by atoms with Crippen LogP contribution in [0.3, 0.4) is 0 Å². The van der Waals surface area contributed by atoms with Gasteiger partial charge in [0.1, 0.15) is 12.4 Å². The van der Waals surface area contributed by atoms with Crippen LogP contribution >= 0.6 is 0 Å². The fourth-order valence-electron chi connectivity index (χ4n) is 4.25. The Labute approximate surface area is 217 Å². The summed E-state index contributed by atoms with van der Waals surface area (Å²) in [6.45, 7) is 8.73. The molecule has 0 radical (unpaired) electrons. The lowest BCUT2D eigenvalue weighted by Crippen LogP contribution is -2.38. The molecule has 0 saturated carbocycles. The Balaban J connectivity index is 1.37. The van der Waals surface area contributed by atoms with Crippen LogP contribution in [0.5, 0.6) is 5.75 Å². The molecule has 4 heterocycles. The predicted octanol–water partition coefficient (Wildman–Crippen LogP) is 3.90. The summed E-state index contributed by atoms with van der Waals surface area (Å²) in [6.07, 6.45) is 7.55. The van der Waals surface area contributed by atoms with Crippen molar-refractivity contribution in [3.8, 4) is 17.0 Å². The Kier molecular flexibility index (Phi) is 8.70. The fourth-order valence-corrected chi connectivity index (χ4v) is 4.25. The molecule has 1 saturated heterocycles. The normalized spacial score (nSPS) is 17.8. The molecule has 5 rings (SSSR count). The largest absolute Gasteiger partial charge is 0.492 e. The van der Waals surface area contributed by atoms with E-state index >= 15 is 0 Å². The molecule has 0 unspecified atom stereocenters. The molecule has 0 spiro atoms. The molecule has 2 aromatic heterocycles. The van der Waals surface area contributed by atoms with Crippen LogP contribution in [-0.2, 0) is 27.4 Å². The first-order chi connectivity index (χ1) is 18.2. The summed E-state index contributed by atoms with van der Waals surface area (Å²) < 4.78 is 23.3. The highest BCUT2D eigenvalue weighted by Gasteiger charge is 2.13. The number of hydrogen-bond donors (Lipinski definition) is 1. The molecule has 1 aromatic carbocycles. The van der Waals surface area contributed by atoms with Gasteiger partial charge in [-0.15, -0.1) is 0 Å². The van der Waals surface area contributed by atoms with Crippen molar-refractivity contribution in [2.45, 2.75) is 20.1 Å². The molecule has 6 bridgehead atoms. The van der Waals surface area contributed by atoms with Crippen LogP contribution in [0.1, 0.15) is 16.8 Å². The second-order valence-corrected chi connectivity index (χ2v) is 9.01. The highest BCUT2D eigenvalue weighted by Crippen LogP contribution is 2.27. The summed E-state index contributed by atoms with van der Waals surface area (Å²) in [5.74, 6) is 1.34. The minimum atomic E-state index is 0.419. The van der Waals surface area contributed by atoms with Crippen molar-refractivity contribution < 1.29 is 18.9 Å². The molecule has 1 fully saturated rings. The average molecular weight is 504 g/mol. The molecule has 1 N–H and O–H groups in total. The van der Waals surface area contributed by atoms with Crippen LogP contribution in [0, 0.1) is 6.92 Å². The van der Waals surface area contributed by atoms with E-state index in [1.807, 2.05) is 55.6 Å². The van der Waals surface area contributed by atoms with Crippen LogP contribution in [-0.4, -0.2) is 72.5 Å². The third kappa shape index (κ3) is 7.11. The molecule has 0 amide bonds. The summed E-state index contributed by atoms with van der Waals surface area (Å²) in [5, 5.41) is 3.35. The summed E-state index contributed by atoms with van der Waals surface area (Å²) in [4.78, 5) is 16.1. The van der Waals surface area contributed by atoms with Crippen molar-refractivity contribution in [2.24, 2.45) is 0 Å². The number of ether oxygens (including phenoxy) is 4. The van der Waals surface area contributed by atoms with Gasteiger partial charge in [-0.1, -0.05) is 12.2 Å². The third-order valence-corrected chi connectivity index (χ3v) is 6.25. The van der Waals surface area contributed by atoms with Crippen molar-refractivity contribution in [3.05, 3.63) is 71.7 Å². The first-order valence-electron chi connectivity index (χ1n) is 12.7. The maximum atomic E-state index is 6.17. The number of anilines is 2. The zero-order chi connectivity index (χ0) is 25.3. The zero-order valence-electron chi connectivity index (χ0n) is 21.2. The van der Waals surface area contributed by atoms with Crippen LogP contribution in [0.15, 0.2) is 54.9 Å². The quantitative estimate of drug-likeness (QED) is 0.532. The van der Waals surface area contributed by atoms with Crippen LogP contribution < -0.4 is 10.1 Å². The second-order valence-electron chi connectivity index (χ2n) is 9.01. The number of morpholine rings is 1. The number of nitrogens with zero attached hydrogens (tertiary/aromatic N) is 4. The highest BCUT2D eigenvalue weighted by atomic mass is 16.5. The van der Waals surface area contributed by atoms with E-state index in [4.69, 9.17) is 23.9 Å². The molecule has 9 nitrogen and oxygen atoms in total. The van der Waals surface area contributed by atoms with Gasteiger partial charge in [-0.2, -0.15) is 0 Å². The Hall–Kier alpha value is -3.37. The Morgan fingerprint density at radius 3 is 2.68 bits per heavy atom. The highest BCUT2D eigenvalue weighted by molar-refractivity contribution is 5.65. The van der Waals surface area contributed by atoms with E-state index in [-0.39, 0.29) is 0 Å². The number of aryl methyl sites for hydroxylation is 1. The molecule has 0 atom stereocenters. The Morgan fingerprint density at radius 2 is 1.81 bits per heavy atom. The molecule has 3 aromatic rings. The number of aromatic nitrogens is 3. The minimum absolute atomic E-state index is 0.419. The average Bonchev–Trinajstić information content (AvgIpc) is 2.92. The van der Waals surface area contributed by atoms with Crippen molar-refractivity contribution in [1.29, 1.82) is 0 Å². The number of hydrogen-bond acceptors (Lipinski definition) is 9. The topological polar surface area (TPSA) is 90.9 Å². The van der Waals surface area contributed by atoms with Gasteiger partial charge in [0.2, 0.25) is 5.95 Å². The van der Waals surface area contributed by atoms with E-state index in [9.17, 15) is 0 Å². The minimum Gasteiger partial charge on any atom is -0.492 e. The van der Waals surface area contributed by atoms with E-state index in [0.717, 1.165) is 72.4 Å². The van der Waals surface area contributed by atoms with E-state index in [1.54, 1.807) is 6.20 Å². The van der Waals surface area contributed by atoms with Crippen molar-refractivity contribution >= 4 is 11.6 Å². The lowest BCUT2D eigenvalue weighted by Gasteiger charge is -2.26. The molecule has 194 valence electrons. The number of rotatable bonds is 4. The first kappa shape index (κ1) is 25.3. The molecule has 2 aliphatic rings. The number of fused-ring (bicyclic) bond motifs is 7. The van der Waals surface area contributed by atoms with E-state index in [0.29, 0.717) is 39.0 Å². The van der Waals surface area contributed by atoms with E-state index < -0.39 is 0 Å². The van der Waals surface area contributed by atoms with Gasteiger partial charge in [0.15, 0.2) is 0 Å². The number of benzene rings is 1. The van der Waals surface area contributed by atoms with Gasteiger partial charge >= 0.3 is 0 Å². The zero-order valence-corrected chi connectivity index (χ0v) is 21.2. The van der Waals surface area contributed by atoms with Gasteiger partial charge in [-0.3, -0.25) is 9.88 Å². The first-order valence-corrected chi connectivity index (χ1v) is 12.7. The number of pyridine rings is 1. The molecular weight excluding hydrogens is 470 g/mol. The van der Waals surface area contributed by atoms with Gasteiger partial charge < -0.3 is 24.3 Å². The third-order valence-electron chi connectivity index (χ3n) is 6.25. The summed E-state index contributed by atoms with van der Waals surface area (Å²) in [7, 11) is 0. The SMILES string of the molecule is Cc1cnc2nc1-c1ccnc(c1)COC/C=C/COCc1cc(ccc1OCCN1CCOCC1)N2. The van der Waals surface area contributed by atoms with E-state index in [2.05, 4.69) is 20.2 Å². The molecule has 2 aliphatic heterocycles. The standard InChI is InChI=1S/C28H33N5O4/c1-21-18-30-28-31-24-4-5-26(37-15-10-33-8-13-34-14-9-33)23(17-24)19-35-11-2-3-12-36-20-25-16-22(6-7-29-25)27(21)32-28/h2-7,16-18H,8-15,19-20H2,1H3,(H,30,31,32)/b3-2+. The predicted molar refractivity (Wildman–Crippen MR) is 141 cm³/mol. The monoisotopic (exact) mass is 503 g/mol. The van der Waals surface area contributed by atoms with Crippen LogP contribution in [0.25, 0.3) is 11.3 Å². The lowest BCUT2D eigenvalue weighted by atomic mass is 10.1. The second kappa shape index (κ2) is 12.7. The maximum Gasteiger partial charge on any atom is 0.227 e. The van der Waals surface area contributed by atoms with Crippen molar-refractivity contribution in [3.63, 3.8) is 0 Å². The number of nitrogens with one attached hydrogen (secondary N) is 1. The fraction of sp³-hybridized carbons (Fsp3) is 0.393. The van der Waals surface area contributed by atoms with Gasteiger partial charge in [0, 0.05) is 48.8 Å². The van der Waals surface area contributed by atoms with Gasteiger partial charge in [0.25, 0.3) is 0 Å². The van der Waals surface area contributed by atoms with Gasteiger partial charge in [0.05, 0.1) is 51.0 Å². The molecular formula is C28H33N5O4. The smallest absolute Gasteiger partial charge is 0.227 e. The molecule has 0 aliphatic carbocycles. The Bertz CT molecular complexity index is 1210. The summed E-state index contributed by atoms with van der Waals surface area (Å²) >= 11 is 0. The van der Waals surface area contributed by atoms with Crippen molar-refractivity contribution in [1.82, 2.24) is 19.9 Å². The van der Waals surface area contributed by atoms with Crippen LogP contribution in [0.4, 0.5) is 11.6 Å². The van der Waals surface area contributed by atoms with Gasteiger partial charge in [-0.25, -0.2) is 9.97 Å². The molecule has 9 heteroatoms. The maximum absolute atomic E-state index is 6.17. The molecule has 37 heavy (non-hydrogen) atoms. The Morgan fingerprint density at radius 1 is 0.973 bits per heavy atom. The lowest BCUT2D eigenvalue weighted by molar-refractivity contribution is 0.0320. The van der Waals surface area contributed by atoms with Crippen molar-refractivity contribution in [2.75, 3.05) is 58.0 Å².